The van der Waals surface area contributed by atoms with Gasteiger partial charge in [0.25, 0.3) is 0 Å². The van der Waals surface area contributed by atoms with Crippen molar-refractivity contribution in [3.8, 4) is 0 Å². The number of halogens is 1. The maximum atomic E-state index is 11.1. The number of sulfone groups is 1. The molecule has 0 fully saturated rings. The minimum absolute atomic E-state index is 0.000810. The number of hydrogen-bond donors (Lipinski definition) is 1. The van der Waals surface area contributed by atoms with Gasteiger partial charge < -0.3 is 10.1 Å². The zero-order valence-electron chi connectivity index (χ0n) is 9.70. The van der Waals surface area contributed by atoms with Gasteiger partial charge in [-0.15, -0.1) is 0 Å². The van der Waals surface area contributed by atoms with E-state index in [1.807, 2.05) is 0 Å². The quantitative estimate of drug-likeness (QED) is 0.845. The number of ether oxygens (including phenoxy) is 1. The fraction of sp³-hybridized carbons (Fsp3) is 0.667. The summed E-state index contributed by atoms with van der Waals surface area (Å²) in [4.78, 5) is 11.1. The Morgan fingerprint density at radius 1 is 1.44 bits per heavy atom. The Balaban J connectivity index is 4.15. The first-order chi connectivity index (χ1) is 7.02. The largest absolute Gasteiger partial charge is 0.444 e. The maximum absolute atomic E-state index is 11.1. The van der Waals surface area contributed by atoms with Crippen LogP contribution < -0.4 is 5.32 Å². The van der Waals surface area contributed by atoms with Gasteiger partial charge in [0, 0.05) is 12.8 Å². The number of carbonyl (C=O) groups excluding carboxylic acids is 1. The summed E-state index contributed by atoms with van der Waals surface area (Å²) in [5.74, 6) is 0. The summed E-state index contributed by atoms with van der Waals surface area (Å²) in [6.45, 7) is 5.19. The molecular weight excluding hydrogens is 254 g/mol. The molecule has 0 aromatic heterocycles. The Bertz CT molecular complexity index is 381. The highest BCUT2D eigenvalue weighted by Crippen LogP contribution is 2.09. The van der Waals surface area contributed by atoms with Gasteiger partial charge in [-0.25, -0.2) is 13.2 Å². The van der Waals surface area contributed by atoms with Gasteiger partial charge in [-0.05, 0) is 26.8 Å². The van der Waals surface area contributed by atoms with Crippen LogP contribution in [0.2, 0.25) is 0 Å². The molecular formula is C9H16ClNO4S. The smallest absolute Gasteiger partial charge is 0.407 e. The molecule has 94 valence electrons. The molecule has 0 radical (unpaired) electrons. The zero-order chi connectivity index (χ0) is 13.0. The number of hydrogen-bond acceptors (Lipinski definition) is 4. The molecule has 0 aromatic rings. The Morgan fingerprint density at radius 2 is 1.94 bits per heavy atom. The first-order valence-electron chi connectivity index (χ1n) is 4.55. The molecule has 0 saturated carbocycles. The van der Waals surface area contributed by atoms with E-state index >= 15 is 0 Å². The normalized spacial score (nSPS) is 13.4. The minimum atomic E-state index is -3.40. The Hall–Kier alpha value is -0.750. The molecule has 0 heterocycles. The van der Waals surface area contributed by atoms with Crippen LogP contribution in [-0.4, -0.2) is 32.9 Å². The fourth-order valence-electron chi connectivity index (χ4n) is 0.680. The van der Waals surface area contributed by atoms with Gasteiger partial charge in [0.1, 0.15) is 9.97 Å². The summed E-state index contributed by atoms with van der Waals surface area (Å²) in [6, 6.07) is 0. The molecule has 16 heavy (non-hydrogen) atoms. The lowest BCUT2D eigenvalue weighted by Crippen LogP contribution is -2.32. The Labute approximate surface area is 101 Å². The van der Waals surface area contributed by atoms with E-state index in [2.05, 4.69) is 5.32 Å². The summed E-state index contributed by atoms with van der Waals surface area (Å²) < 4.78 is 26.4. The van der Waals surface area contributed by atoms with Crippen molar-refractivity contribution < 1.29 is 17.9 Å². The van der Waals surface area contributed by atoms with E-state index in [0.717, 1.165) is 6.26 Å². The van der Waals surface area contributed by atoms with Crippen molar-refractivity contribution in [2.45, 2.75) is 26.4 Å². The topological polar surface area (TPSA) is 72.5 Å². The van der Waals surface area contributed by atoms with Crippen LogP contribution in [0.15, 0.2) is 10.4 Å². The summed E-state index contributed by atoms with van der Waals surface area (Å²) in [7, 11) is -3.40. The van der Waals surface area contributed by atoms with Crippen molar-refractivity contribution in [1.29, 1.82) is 0 Å². The number of amides is 1. The SMILES string of the molecule is CC(C)(C)OC(=O)NC/C=C(\Cl)S(C)(=O)=O. The van der Waals surface area contributed by atoms with Crippen molar-refractivity contribution in [2.24, 2.45) is 0 Å². The van der Waals surface area contributed by atoms with E-state index in [9.17, 15) is 13.2 Å². The van der Waals surface area contributed by atoms with E-state index < -0.39 is 21.5 Å². The first-order valence-corrected chi connectivity index (χ1v) is 6.82. The molecule has 0 atom stereocenters. The minimum Gasteiger partial charge on any atom is -0.444 e. The second-order valence-corrected chi connectivity index (χ2v) is 6.78. The first kappa shape index (κ1) is 15.2. The Morgan fingerprint density at radius 3 is 2.31 bits per heavy atom. The highest BCUT2D eigenvalue weighted by molar-refractivity contribution is 7.96. The molecule has 0 saturated heterocycles. The summed E-state index contributed by atoms with van der Waals surface area (Å²) in [6.07, 6.45) is 1.56. The van der Waals surface area contributed by atoms with Gasteiger partial charge in [0.2, 0.25) is 0 Å². The van der Waals surface area contributed by atoms with Gasteiger partial charge in [-0.3, -0.25) is 0 Å². The van der Waals surface area contributed by atoms with Crippen LogP contribution in [0.3, 0.4) is 0 Å². The van der Waals surface area contributed by atoms with Crippen LogP contribution in [0.1, 0.15) is 20.8 Å². The molecule has 1 N–H and O–H groups in total. The lowest BCUT2D eigenvalue weighted by atomic mass is 10.2. The third-order valence-electron chi connectivity index (χ3n) is 1.26. The lowest BCUT2D eigenvalue weighted by molar-refractivity contribution is 0.0534. The number of carbonyl (C=O) groups is 1. The summed E-state index contributed by atoms with van der Waals surface area (Å²) in [5, 5.41) is 2.36. The van der Waals surface area contributed by atoms with Crippen LogP contribution in [0, 0.1) is 0 Å². The van der Waals surface area contributed by atoms with Crippen LogP contribution in [0.25, 0.3) is 0 Å². The van der Waals surface area contributed by atoms with E-state index in [-0.39, 0.29) is 10.9 Å². The molecule has 0 rings (SSSR count). The number of nitrogens with one attached hydrogen (secondary N) is 1. The average Bonchev–Trinajstić information content (AvgIpc) is 1.98. The van der Waals surface area contributed by atoms with E-state index in [0.29, 0.717) is 0 Å². The van der Waals surface area contributed by atoms with Crippen molar-refractivity contribution in [1.82, 2.24) is 5.32 Å². The average molecular weight is 270 g/mol. The van der Waals surface area contributed by atoms with Crippen molar-refractivity contribution in [3.63, 3.8) is 0 Å². The van der Waals surface area contributed by atoms with Crippen molar-refractivity contribution in [2.75, 3.05) is 12.8 Å². The maximum Gasteiger partial charge on any atom is 0.407 e. The van der Waals surface area contributed by atoms with Gasteiger partial charge in [-0.2, -0.15) is 0 Å². The number of rotatable bonds is 3. The molecule has 0 aliphatic rings. The molecule has 0 aromatic carbocycles. The molecule has 5 nitrogen and oxygen atoms in total. The predicted octanol–water partition coefficient (Wildman–Crippen LogP) is 1.64. The van der Waals surface area contributed by atoms with Gasteiger partial charge in [0.05, 0.1) is 0 Å². The van der Waals surface area contributed by atoms with E-state index in [1.54, 1.807) is 20.8 Å². The summed E-state index contributed by atoms with van der Waals surface area (Å²) >= 11 is 5.45. The third kappa shape index (κ3) is 7.53. The zero-order valence-corrected chi connectivity index (χ0v) is 11.3. The third-order valence-corrected chi connectivity index (χ3v) is 3.13. The molecule has 0 aliphatic heterocycles. The van der Waals surface area contributed by atoms with Crippen LogP contribution in [0.5, 0.6) is 0 Å². The van der Waals surface area contributed by atoms with Crippen LogP contribution >= 0.6 is 11.6 Å². The second kappa shape index (κ2) is 5.54. The van der Waals surface area contributed by atoms with Gasteiger partial charge in [0.15, 0.2) is 9.84 Å². The molecule has 0 aliphatic carbocycles. The standard InChI is InChI=1S/C9H16ClNO4S/c1-9(2,3)15-8(12)11-6-5-7(10)16(4,13)14/h5H,6H2,1-4H3,(H,11,12)/b7-5+. The van der Waals surface area contributed by atoms with Crippen LogP contribution in [-0.2, 0) is 14.6 Å². The lowest BCUT2D eigenvalue weighted by Gasteiger charge is -2.19. The van der Waals surface area contributed by atoms with Gasteiger partial charge in [-0.1, -0.05) is 11.6 Å². The highest BCUT2D eigenvalue weighted by atomic mass is 35.5. The van der Waals surface area contributed by atoms with Crippen LogP contribution in [0.4, 0.5) is 4.79 Å². The molecule has 1 amide bonds. The second-order valence-electron chi connectivity index (χ2n) is 4.16. The van der Waals surface area contributed by atoms with Gasteiger partial charge >= 0.3 is 6.09 Å². The number of alkyl carbamates (subject to hydrolysis) is 1. The van der Waals surface area contributed by atoms with Crippen molar-refractivity contribution >= 4 is 27.5 Å². The highest BCUT2D eigenvalue weighted by Gasteiger charge is 2.15. The molecule has 0 spiro atoms. The Kier molecular flexibility index (Phi) is 5.28. The van der Waals surface area contributed by atoms with E-state index in [4.69, 9.17) is 16.3 Å². The molecule has 0 bridgehead atoms. The molecule has 7 heteroatoms. The summed E-state index contributed by atoms with van der Waals surface area (Å²) in [5.41, 5.74) is -0.589. The fourth-order valence-corrected chi connectivity index (χ4v) is 1.14. The predicted molar refractivity (Wildman–Crippen MR) is 63.0 cm³/mol. The van der Waals surface area contributed by atoms with E-state index in [1.165, 1.54) is 6.08 Å². The monoisotopic (exact) mass is 269 g/mol. The molecule has 0 unspecified atom stereocenters. The van der Waals surface area contributed by atoms with Crippen molar-refractivity contribution in [3.05, 3.63) is 10.4 Å².